The van der Waals surface area contributed by atoms with Crippen molar-refractivity contribution in [3.8, 4) is 0 Å². The van der Waals surface area contributed by atoms with E-state index in [1.54, 1.807) is 0 Å². The first-order valence-electron chi connectivity index (χ1n) is 6.71. The average Bonchev–Trinajstić information content (AvgIpc) is 2.48. The van der Waals surface area contributed by atoms with Gasteiger partial charge in [0.15, 0.2) is 0 Å². The highest BCUT2D eigenvalue weighted by atomic mass is 16.5. The van der Waals surface area contributed by atoms with Gasteiger partial charge in [-0.1, -0.05) is 19.8 Å². The van der Waals surface area contributed by atoms with Crippen LogP contribution < -0.4 is 5.32 Å². The zero-order valence-corrected chi connectivity index (χ0v) is 10.7. The smallest absolute Gasteiger partial charge is 0.0897 e. The molecule has 0 aliphatic heterocycles. The molecule has 3 unspecified atom stereocenters. The van der Waals surface area contributed by atoms with E-state index in [4.69, 9.17) is 4.74 Å². The van der Waals surface area contributed by atoms with Crippen molar-refractivity contribution in [3.63, 3.8) is 0 Å². The third kappa shape index (κ3) is 5.83. The van der Waals surface area contributed by atoms with Gasteiger partial charge < -0.3 is 15.2 Å². The van der Waals surface area contributed by atoms with Crippen molar-refractivity contribution in [1.82, 2.24) is 5.32 Å². The molecule has 0 radical (unpaired) electrons. The van der Waals surface area contributed by atoms with E-state index in [9.17, 15) is 5.11 Å². The average molecular weight is 229 g/mol. The molecular formula is C13H27NO2. The van der Waals surface area contributed by atoms with E-state index in [2.05, 4.69) is 12.2 Å². The number of hydrogen-bond donors (Lipinski definition) is 2. The van der Waals surface area contributed by atoms with Gasteiger partial charge in [-0.05, 0) is 32.1 Å². The summed E-state index contributed by atoms with van der Waals surface area (Å²) >= 11 is 0. The van der Waals surface area contributed by atoms with Gasteiger partial charge in [0.1, 0.15) is 0 Å². The molecule has 0 spiro atoms. The van der Waals surface area contributed by atoms with Gasteiger partial charge in [0, 0.05) is 19.2 Å². The quantitative estimate of drug-likeness (QED) is 0.684. The highest BCUT2D eigenvalue weighted by Gasteiger charge is 2.16. The van der Waals surface area contributed by atoms with Crippen LogP contribution in [0, 0.1) is 5.92 Å². The van der Waals surface area contributed by atoms with Crippen molar-refractivity contribution in [2.45, 2.75) is 58.1 Å². The van der Waals surface area contributed by atoms with Crippen LogP contribution in [0.3, 0.4) is 0 Å². The molecule has 0 aromatic carbocycles. The SMILES string of the molecule is CCOCC(O)CNC1CCCC(C)CC1. The minimum absolute atomic E-state index is 0.361. The van der Waals surface area contributed by atoms with Crippen LogP contribution in [-0.2, 0) is 4.74 Å². The topological polar surface area (TPSA) is 41.5 Å². The van der Waals surface area contributed by atoms with Crippen LogP contribution in [0.1, 0.15) is 46.0 Å². The van der Waals surface area contributed by atoms with Gasteiger partial charge >= 0.3 is 0 Å². The first-order chi connectivity index (χ1) is 7.72. The van der Waals surface area contributed by atoms with E-state index in [1.807, 2.05) is 6.92 Å². The largest absolute Gasteiger partial charge is 0.389 e. The summed E-state index contributed by atoms with van der Waals surface area (Å²) in [6, 6.07) is 0.598. The van der Waals surface area contributed by atoms with Crippen molar-refractivity contribution < 1.29 is 9.84 Å². The van der Waals surface area contributed by atoms with E-state index in [0.717, 1.165) is 5.92 Å². The second-order valence-corrected chi connectivity index (χ2v) is 5.03. The van der Waals surface area contributed by atoms with Crippen molar-refractivity contribution in [2.24, 2.45) is 5.92 Å². The second-order valence-electron chi connectivity index (χ2n) is 5.03. The van der Waals surface area contributed by atoms with Crippen LogP contribution in [0.5, 0.6) is 0 Å². The molecule has 0 aromatic rings. The normalized spacial score (nSPS) is 28.7. The lowest BCUT2D eigenvalue weighted by atomic mass is 10.0. The molecule has 1 rings (SSSR count). The lowest BCUT2D eigenvalue weighted by Gasteiger charge is -2.19. The van der Waals surface area contributed by atoms with E-state index >= 15 is 0 Å². The van der Waals surface area contributed by atoms with Crippen molar-refractivity contribution in [1.29, 1.82) is 0 Å². The van der Waals surface area contributed by atoms with E-state index in [1.165, 1.54) is 32.1 Å². The van der Waals surface area contributed by atoms with Crippen LogP contribution >= 0.6 is 0 Å². The summed E-state index contributed by atoms with van der Waals surface area (Å²) in [6.07, 6.45) is 6.15. The molecule has 2 N–H and O–H groups in total. The lowest BCUT2D eigenvalue weighted by Crippen LogP contribution is -2.37. The molecule has 0 amide bonds. The third-order valence-corrected chi connectivity index (χ3v) is 3.41. The third-order valence-electron chi connectivity index (χ3n) is 3.41. The highest BCUT2D eigenvalue weighted by Crippen LogP contribution is 2.22. The van der Waals surface area contributed by atoms with Gasteiger partial charge in [-0.25, -0.2) is 0 Å². The maximum absolute atomic E-state index is 9.65. The number of nitrogens with one attached hydrogen (secondary N) is 1. The van der Waals surface area contributed by atoms with Crippen molar-refractivity contribution >= 4 is 0 Å². The van der Waals surface area contributed by atoms with E-state index in [0.29, 0.717) is 25.8 Å². The predicted molar refractivity (Wildman–Crippen MR) is 66.5 cm³/mol. The summed E-state index contributed by atoms with van der Waals surface area (Å²) in [5, 5.41) is 13.1. The minimum Gasteiger partial charge on any atom is -0.389 e. The number of hydrogen-bond acceptors (Lipinski definition) is 3. The van der Waals surface area contributed by atoms with Crippen LogP contribution in [0.25, 0.3) is 0 Å². The molecule has 1 fully saturated rings. The van der Waals surface area contributed by atoms with Gasteiger partial charge in [0.25, 0.3) is 0 Å². The molecule has 0 bridgehead atoms. The summed E-state index contributed by atoms with van der Waals surface area (Å²) in [5.74, 6) is 0.875. The molecule has 0 saturated heterocycles. The number of rotatable bonds is 6. The Labute approximate surface area is 99.6 Å². The Kier molecular flexibility index (Phi) is 7.01. The molecule has 3 nitrogen and oxygen atoms in total. The molecule has 1 aliphatic carbocycles. The summed E-state index contributed by atoms with van der Waals surface area (Å²) in [7, 11) is 0. The monoisotopic (exact) mass is 229 g/mol. The zero-order valence-electron chi connectivity index (χ0n) is 10.7. The van der Waals surface area contributed by atoms with Crippen molar-refractivity contribution in [2.75, 3.05) is 19.8 Å². The molecule has 1 saturated carbocycles. The van der Waals surface area contributed by atoms with Crippen LogP contribution in [0.2, 0.25) is 0 Å². The van der Waals surface area contributed by atoms with Gasteiger partial charge in [-0.2, -0.15) is 0 Å². The zero-order chi connectivity index (χ0) is 11.8. The molecule has 16 heavy (non-hydrogen) atoms. The number of ether oxygens (including phenoxy) is 1. The Hall–Kier alpha value is -0.120. The molecule has 3 atom stereocenters. The van der Waals surface area contributed by atoms with Crippen LogP contribution in [0.15, 0.2) is 0 Å². The summed E-state index contributed by atoms with van der Waals surface area (Å²) in [5.41, 5.74) is 0. The molecule has 0 heterocycles. The Morgan fingerprint density at radius 3 is 2.88 bits per heavy atom. The molecule has 1 aliphatic rings. The molecular weight excluding hydrogens is 202 g/mol. The maximum Gasteiger partial charge on any atom is 0.0897 e. The first kappa shape index (κ1) is 13.9. The standard InChI is InChI=1S/C13H27NO2/c1-3-16-10-13(15)9-14-12-6-4-5-11(2)7-8-12/h11-15H,3-10H2,1-2H3. The van der Waals surface area contributed by atoms with Gasteiger partial charge in [0.2, 0.25) is 0 Å². The molecule has 0 aromatic heterocycles. The number of aliphatic hydroxyl groups excluding tert-OH is 1. The fraction of sp³-hybridized carbons (Fsp3) is 1.00. The summed E-state index contributed by atoms with van der Waals surface area (Å²) in [6.45, 7) is 6.09. The highest BCUT2D eigenvalue weighted by molar-refractivity contribution is 4.74. The fourth-order valence-corrected chi connectivity index (χ4v) is 2.31. The van der Waals surface area contributed by atoms with Crippen LogP contribution in [0.4, 0.5) is 0 Å². The minimum atomic E-state index is -0.361. The predicted octanol–water partition coefficient (Wildman–Crippen LogP) is 1.94. The van der Waals surface area contributed by atoms with Gasteiger partial charge in [0.05, 0.1) is 12.7 Å². The Bertz CT molecular complexity index is 175. The number of aliphatic hydroxyl groups is 1. The maximum atomic E-state index is 9.65. The fourth-order valence-electron chi connectivity index (χ4n) is 2.31. The summed E-state index contributed by atoms with van der Waals surface area (Å²) < 4.78 is 5.19. The van der Waals surface area contributed by atoms with Gasteiger partial charge in [-0.3, -0.25) is 0 Å². The molecule has 3 heteroatoms. The second kappa shape index (κ2) is 8.04. The van der Waals surface area contributed by atoms with E-state index < -0.39 is 0 Å². The molecule has 96 valence electrons. The Morgan fingerprint density at radius 2 is 2.12 bits per heavy atom. The van der Waals surface area contributed by atoms with Crippen LogP contribution in [-0.4, -0.2) is 37.0 Å². The Morgan fingerprint density at radius 1 is 1.31 bits per heavy atom. The lowest BCUT2D eigenvalue weighted by molar-refractivity contribution is 0.0411. The summed E-state index contributed by atoms with van der Waals surface area (Å²) in [4.78, 5) is 0. The Balaban J connectivity index is 2.11. The van der Waals surface area contributed by atoms with Gasteiger partial charge in [-0.15, -0.1) is 0 Å². The first-order valence-corrected chi connectivity index (χ1v) is 6.71. The van der Waals surface area contributed by atoms with E-state index in [-0.39, 0.29) is 6.10 Å². The van der Waals surface area contributed by atoms with Crippen molar-refractivity contribution in [3.05, 3.63) is 0 Å².